The predicted molar refractivity (Wildman–Crippen MR) is 111 cm³/mol. The number of benzene rings is 2. The van der Waals surface area contributed by atoms with Crippen LogP contribution in [0, 0.1) is 20.8 Å². The Morgan fingerprint density at radius 3 is 2.54 bits per heavy atom. The highest BCUT2D eigenvalue weighted by Crippen LogP contribution is 2.22. The van der Waals surface area contributed by atoms with E-state index >= 15 is 0 Å². The van der Waals surface area contributed by atoms with E-state index in [9.17, 15) is 4.79 Å². The molecule has 3 rings (SSSR count). The van der Waals surface area contributed by atoms with Gasteiger partial charge in [-0.3, -0.25) is 4.79 Å². The molecule has 0 bridgehead atoms. The number of hydrogen-bond donors (Lipinski definition) is 1. The maximum absolute atomic E-state index is 12.6. The number of carbonyl (C=O) groups excluding carboxylic acids is 1. The van der Waals surface area contributed by atoms with Crippen molar-refractivity contribution < 1.29 is 9.53 Å². The van der Waals surface area contributed by atoms with Gasteiger partial charge in [0.15, 0.2) is 6.10 Å². The Morgan fingerprint density at radius 1 is 1.14 bits per heavy atom. The van der Waals surface area contributed by atoms with Gasteiger partial charge in [-0.25, -0.2) is 4.98 Å². The second-order valence-electron chi connectivity index (χ2n) is 6.94. The molecule has 0 fully saturated rings. The SMILES string of the molecule is CC[C@H](Oc1cccc(C)c1C)C(=O)NCc1ccc(-n2ccnc2C)cc1. The molecular formula is C23H27N3O2. The van der Waals surface area contributed by atoms with Gasteiger partial charge >= 0.3 is 0 Å². The first-order valence-electron chi connectivity index (χ1n) is 9.59. The van der Waals surface area contributed by atoms with E-state index in [1.807, 2.05) is 80.9 Å². The highest BCUT2D eigenvalue weighted by molar-refractivity contribution is 5.81. The summed E-state index contributed by atoms with van der Waals surface area (Å²) in [6, 6.07) is 14.0. The van der Waals surface area contributed by atoms with Gasteiger partial charge in [0.25, 0.3) is 5.91 Å². The van der Waals surface area contributed by atoms with Gasteiger partial charge in [0, 0.05) is 24.6 Å². The molecule has 2 aromatic carbocycles. The van der Waals surface area contributed by atoms with Crippen molar-refractivity contribution in [3.05, 3.63) is 77.4 Å². The summed E-state index contributed by atoms with van der Waals surface area (Å²) in [5.41, 5.74) is 4.31. The molecule has 3 aromatic rings. The fourth-order valence-corrected chi connectivity index (χ4v) is 3.06. The van der Waals surface area contributed by atoms with Crippen molar-refractivity contribution in [1.29, 1.82) is 0 Å². The van der Waals surface area contributed by atoms with Gasteiger partial charge in [0.05, 0.1) is 0 Å². The van der Waals surface area contributed by atoms with Crippen LogP contribution in [0.1, 0.15) is 35.9 Å². The third-order valence-corrected chi connectivity index (χ3v) is 4.99. The van der Waals surface area contributed by atoms with Crippen LogP contribution in [0.4, 0.5) is 0 Å². The average molecular weight is 377 g/mol. The summed E-state index contributed by atoms with van der Waals surface area (Å²) in [6.07, 6.45) is 3.82. The predicted octanol–water partition coefficient (Wildman–Crippen LogP) is 4.27. The molecule has 28 heavy (non-hydrogen) atoms. The number of amides is 1. The molecule has 0 aliphatic heterocycles. The number of carbonyl (C=O) groups is 1. The molecule has 0 saturated heterocycles. The van der Waals surface area contributed by atoms with E-state index in [1.54, 1.807) is 6.20 Å². The van der Waals surface area contributed by atoms with Crippen LogP contribution in [0.2, 0.25) is 0 Å². The van der Waals surface area contributed by atoms with Crippen LogP contribution in [0.3, 0.4) is 0 Å². The number of nitrogens with one attached hydrogen (secondary N) is 1. The van der Waals surface area contributed by atoms with Crippen LogP contribution < -0.4 is 10.1 Å². The topological polar surface area (TPSA) is 56.1 Å². The second-order valence-corrected chi connectivity index (χ2v) is 6.94. The highest BCUT2D eigenvalue weighted by Gasteiger charge is 2.19. The molecule has 146 valence electrons. The highest BCUT2D eigenvalue weighted by atomic mass is 16.5. The maximum Gasteiger partial charge on any atom is 0.261 e. The lowest BCUT2D eigenvalue weighted by molar-refractivity contribution is -0.128. The molecule has 0 unspecified atom stereocenters. The van der Waals surface area contributed by atoms with Gasteiger partial charge in [0.2, 0.25) is 0 Å². The van der Waals surface area contributed by atoms with Crippen LogP contribution in [0.5, 0.6) is 5.75 Å². The first kappa shape index (κ1) is 19.7. The van der Waals surface area contributed by atoms with Crippen molar-refractivity contribution in [3.8, 4) is 11.4 Å². The van der Waals surface area contributed by atoms with Crippen LogP contribution in [-0.4, -0.2) is 21.6 Å². The van der Waals surface area contributed by atoms with Gasteiger partial charge < -0.3 is 14.6 Å². The molecule has 5 nitrogen and oxygen atoms in total. The van der Waals surface area contributed by atoms with Crippen molar-refractivity contribution in [3.63, 3.8) is 0 Å². The van der Waals surface area contributed by atoms with E-state index in [1.165, 1.54) is 0 Å². The quantitative estimate of drug-likeness (QED) is 0.669. The van der Waals surface area contributed by atoms with Gasteiger partial charge in [-0.15, -0.1) is 0 Å². The Kier molecular flexibility index (Phi) is 6.14. The molecule has 0 spiro atoms. The molecule has 1 atom stereocenters. The van der Waals surface area contributed by atoms with Gasteiger partial charge in [-0.05, 0) is 62.1 Å². The molecule has 1 amide bonds. The number of hydrogen-bond acceptors (Lipinski definition) is 3. The summed E-state index contributed by atoms with van der Waals surface area (Å²) in [5.74, 6) is 1.61. The third kappa shape index (κ3) is 4.42. The summed E-state index contributed by atoms with van der Waals surface area (Å²) in [6.45, 7) is 8.44. The number of rotatable bonds is 7. The Hall–Kier alpha value is -3.08. The van der Waals surface area contributed by atoms with Crippen molar-refractivity contribution >= 4 is 5.91 Å². The Morgan fingerprint density at radius 2 is 1.89 bits per heavy atom. The smallest absolute Gasteiger partial charge is 0.261 e. The molecule has 0 radical (unpaired) electrons. The minimum absolute atomic E-state index is 0.0991. The summed E-state index contributed by atoms with van der Waals surface area (Å²) in [7, 11) is 0. The standard InChI is InChI=1S/C23H27N3O2/c1-5-21(28-22-8-6-7-16(2)17(22)3)23(27)25-15-19-9-11-20(12-10-19)26-14-13-24-18(26)4/h6-14,21H,5,15H2,1-4H3,(H,25,27)/t21-/m0/s1. The van der Waals surface area contributed by atoms with Crippen molar-refractivity contribution in [2.45, 2.75) is 46.8 Å². The van der Waals surface area contributed by atoms with E-state index in [2.05, 4.69) is 10.3 Å². The molecule has 1 aromatic heterocycles. The van der Waals surface area contributed by atoms with Gasteiger partial charge in [-0.2, -0.15) is 0 Å². The molecular weight excluding hydrogens is 350 g/mol. The van der Waals surface area contributed by atoms with Crippen LogP contribution in [-0.2, 0) is 11.3 Å². The van der Waals surface area contributed by atoms with Gasteiger partial charge in [-0.1, -0.05) is 31.2 Å². The maximum atomic E-state index is 12.6. The summed E-state index contributed by atoms with van der Waals surface area (Å²) < 4.78 is 8.01. The zero-order valence-electron chi connectivity index (χ0n) is 16.9. The summed E-state index contributed by atoms with van der Waals surface area (Å²) >= 11 is 0. The lowest BCUT2D eigenvalue weighted by atomic mass is 10.1. The molecule has 0 aliphatic carbocycles. The Bertz CT molecular complexity index is 945. The number of imidazole rings is 1. The molecule has 1 heterocycles. The monoisotopic (exact) mass is 377 g/mol. The first-order valence-corrected chi connectivity index (χ1v) is 9.59. The fraction of sp³-hybridized carbons (Fsp3) is 0.304. The van der Waals surface area contributed by atoms with E-state index in [0.29, 0.717) is 13.0 Å². The van der Waals surface area contributed by atoms with Gasteiger partial charge in [0.1, 0.15) is 11.6 Å². The van der Waals surface area contributed by atoms with Crippen LogP contribution >= 0.6 is 0 Å². The number of aromatic nitrogens is 2. The summed E-state index contributed by atoms with van der Waals surface area (Å²) in [5, 5.41) is 2.99. The lowest BCUT2D eigenvalue weighted by Gasteiger charge is -2.19. The Balaban J connectivity index is 1.60. The van der Waals surface area contributed by atoms with Crippen LogP contribution in [0.15, 0.2) is 54.9 Å². The first-order chi connectivity index (χ1) is 13.5. The number of aryl methyl sites for hydroxylation is 2. The van der Waals surface area contributed by atoms with E-state index in [0.717, 1.165) is 34.0 Å². The molecule has 0 aliphatic rings. The zero-order valence-corrected chi connectivity index (χ0v) is 16.9. The normalized spacial score (nSPS) is 11.9. The number of nitrogens with zero attached hydrogens (tertiary/aromatic N) is 2. The average Bonchev–Trinajstić information content (AvgIpc) is 3.13. The lowest BCUT2D eigenvalue weighted by Crippen LogP contribution is -2.37. The van der Waals surface area contributed by atoms with E-state index in [4.69, 9.17) is 4.74 Å². The van der Waals surface area contributed by atoms with E-state index in [-0.39, 0.29) is 5.91 Å². The molecule has 5 heteroatoms. The third-order valence-electron chi connectivity index (χ3n) is 4.99. The fourth-order valence-electron chi connectivity index (χ4n) is 3.06. The summed E-state index contributed by atoms with van der Waals surface area (Å²) in [4.78, 5) is 16.8. The van der Waals surface area contributed by atoms with E-state index < -0.39 is 6.10 Å². The Labute approximate surface area is 166 Å². The largest absolute Gasteiger partial charge is 0.480 e. The van der Waals surface area contributed by atoms with Crippen molar-refractivity contribution in [1.82, 2.24) is 14.9 Å². The minimum Gasteiger partial charge on any atom is -0.480 e. The molecule has 1 N–H and O–H groups in total. The van der Waals surface area contributed by atoms with Crippen LogP contribution in [0.25, 0.3) is 5.69 Å². The second kappa shape index (κ2) is 8.74. The minimum atomic E-state index is -0.506. The number of ether oxygens (including phenoxy) is 1. The molecule has 0 saturated carbocycles. The zero-order chi connectivity index (χ0) is 20.1. The van der Waals surface area contributed by atoms with Crippen molar-refractivity contribution in [2.24, 2.45) is 0 Å². The van der Waals surface area contributed by atoms with Crippen molar-refractivity contribution in [2.75, 3.05) is 0 Å².